The molecule has 0 aromatic carbocycles. The van der Waals surface area contributed by atoms with Gasteiger partial charge in [0.25, 0.3) is 0 Å². The van der Waals surface area contributed by atoms with Crippen LogP contribution in [0.3, 0.4) is 0 Å². The Kier molecular flexibility index (Phi) is 66.2. The van der Waals surface area contributed by atoms with Crippen LogP contribution in [0.25, 0.3) is 0 Å². The number of unbranched alkanes of at least 4 members (excludes halogenated alkanes) is 39. The van der Waals surface area contributed by atoms with E-state index in [0.717, 1.165) is 109 Å². The Morgan fingerprint density at radius 3 is 0.753 bits per heavy atom. The molecule has 0 aromatic heterocycles. The van der Waals surface area contributed by atoms with Crippen LogP contribution in [0.2, 0.25) is 0 Å². The number of carbonyl (C=O) groups is 3. The molecule has 0 bridgehead atoms. The second kappa shape index (κ2) is 69.1. The number of rotatable bonds is 64. The quantitative estimate of drug-likeness (QED) is 0.0261. The third-order valence-corrected chi connectivity index (χ3v) is 15.4. The average molecular weight is 1130 g/mol. The lowest BCUT2D eigenvalue weighted by Crippen LogP contribution is -2.30. The molecule has 1 atom stereocenters. The summed E-state index contributed by atoms with van der Waals surface area (Å²) in [5, 5.41) is 0. The van der Waals surface area contributed by atoms with Crippen molar-refractivity contribution in [3.05, 3.63) is 85.1 Å². The molecule has 0 aliphatic carbocycles. The van der Waals surface area contributed by atoms with Gasteiger partial charge in [0.1, 0.15) is 13.2 Å². The van der Waals surface area contributed by atoms with Crippen LogP contribution < -0.4 is 0 Å². The maximum atomic E-state index is 12.9. The normalized spacial score (nSPS) is 12.6. The number of esters is 3. The third kappa shape index (κ3) is 67.3. The standard InChI is InChI=1S/C75H132O6/c1-4-7-10-13-16-18-20-22-24-26-28-30-32-34-36-37-38-39-40-42-43-45-47-49-51-53-55-57-59-62-65-68-74(77)80-71-72(70-79-73(76)67-64-61-15-12-9-6-3)81-75(78)69-66-63-60-58-56-54-52-50-48-46-44-41-35-33-31-29-27-25-23-21-19-17-14-11-8-5-2/h7,10,16,18,22,24,28,30,34,36,38-39,42-43,72H,4-6,8-9,11-15,17,19-21,23,25-27,29,31-33,35,37,40-41,44-71H2,1-3H3/b10-7-,18-16-,24-22-,30-28-,36-34-,39-38-,43-42-. The minimum Gasteiger partial charge on any atom is -0.462 e. The zero-order valence-corrected chi connectivity index (χ0v) is 53.8. The van der Waals surface area contributed by atoms with Crippen LogP contribution in [-0.4, -0.2) is 37.2 Å². The molecular weight excluding hydrogens is 997 g/mol. The van der Waals surface area contributed by atoms with Crippen molar-refractivity contribution in [3.8, 4) is 0 Å². The number of ether oxygens (including phenoxy) is 3. The summed E-state index contributed by atoms with van der Waals surface area (Å²) >= 11 is 0. The lowest BCUT2D eigenvalue weighted by Gasteiger charge is -2.18. The molecule has 6 nitrogen and oxygen atoms in total. The van der Waals surface area contributed by atoms with E-state index in [1.165, 1.54) is 205 Å². The molecule has 0 saturated carbocycles. The van der Waals surface area contributed by atoms with Gasteiger partial charge in [-0.2, -0.15) is 0 Å². The van der Waals surface area contributed by atoms with E-state index < -0.39 is 6.10 Å². The van der Waals surface area contributed by atoms with Gasteiger partial charge in [-0.3, -0.25) is 14.4 Å². The van der Waals surface area contributed by atoms with E-state index in [4.69, 9.17) is 14.2 Å². The molecule has 0 radical (unpaired) electrons. The fraction of sp³-hybridized carbons (Fsp3) is 0.773. The highest BCUT2D eigenvalue weighted by molar-refractivity contribution is 5.71. The van der Waals surface area contributed by atoms with Crippen LogP contribution >= 0.6 is 0 Å². The first-order chi connectivity index (χ1) is 40.0. The fourth-order valence-electron chi connectivity index (χ4n) is 10.2. The van der Waals surface area contributed by atoms with Gasteiger partial charge in [0.15, 0.2) is 6.10 Å². The van der Waals surface area contributed by atoms with Crippen LogP contribution in [0.5, 0.6) is 0 Å². The van der Waals surface area contributed by atoms with Gasteiger partial charge >= 0.3 is 17.9 Å². The van der Waals surface area contributed by atoms with Crippen molar-refractivity contribution >= 4 is 17.9 Å². The topological polar surface area (TPSA) is 78.9 Å². The van der Waals surface area contributed by atoms with Crippen LogP contribution in [0.4, 0.5) is 0 Å². The van der Waals surface area contributed by atoms with Crippen LogP contribution in [0.1, 0.15) is 355 Å². The van der Waals surface area contributed by atoms with Gasteiger partial charge in [0.2, 0.25) is 0 Å². The highest BCUT2D eigenvalue weighted by Crippen LogP contribution is 2.18. The van der Waals surface area contributed by atoms with E-state index >= 15 is 0 Å². The number of hydrogen-bond acceptors (Lipinski definition) is 6. The molecule has 0 fully saturated rings. The predicted molar refractivity (Wildman–Crippen MR) is 353 cm³/mol. The Bertz CT molecular complexity index is 1530. The summed E-state index contributed by atoms with van der Waals surface area (Å²) < 4.78 is 16.9. The summed E-state index contributed by atoms with van der Waals surface area (Å²) in [7, 11) is 0. The van der Waals surface area contributed by atoms with E-state index in [1.807, 2.05) is 0 Å². The first-order valence-corrected chi connectivity index (χ1v) is 35.1. The molecule has 0 aromatic rings. The fourth-order valence-corrected chi connectivity index (χ4v) is 10.2. The van der Waals surface area contributed by atoms with Crippen LogP contribution in [-0.2, 0) is 28.6 Å². The molecule has 0 saturated heterocycles. The maximum Gasteiger partial charge on any atom is 0.306 e. The Balaban J connectivity index is 4.04. The van der Waals surface area contributed by atoms with Crippen molar-refractivity contribution in [2.45, 2.75) is 361 Å². The van der Waals surface area contributed by atoms with Crippen molar-refractivity contribution in [2.75, 3.05) is 13.2 Å². The first kappa shape index (κ1) is 77.6. The van der Waals surface area contributed by atoms with E-state index in [0.29, 0.717) is 19.3 Å². The molecular formula is C75H132O6. The molecule has 0 aliphatic rings. The largest absolute Gasteiger partial charge is 0.462 e. The summed E-state index contributed by atoms with van der Waals surface area (Å²) in [6.45, 7) is 6.51. The number of allylic oxidation sites excluding steroid dienone is 14. The zero-order chi connectivity index (χ0) is 58.5. The van der Waals surface area contributed by atoms with E-state index in [9.17, 15) is 14.4 Å². The molecule has 0 N–H and O–H groups in total. The second-order valence-corrected chi connectivity index (χ2v) is 23.4. The van der Waals surface area contributed by atoms with Crippen molar-refractivity contribution in [1.29, 1.82) is 0 Å². The van der Waals surface area contributed by atoms with Crippen molar-refractivity contribution in [2.24, 2.45) is 0 Å². The molecule has 6 heteroatoms. The Morgan fingerprint density at radius 2 is 0.481 bits per heavy atom. The summed E-state index contributed by atoms with van der Waals surface area (Å²) in [6.07, 6.45) is 92.2. The molecule has 0 rings (SSSR count). The monoisotopic (exact) mass is 1130 g/mol. The molecule has 1 unspecified atom stereocenters. The Labute approximate surface area is 503 Å². The summed E-state index contributed by atoms with van der Waals surface area (Å²) in [6, 6.07) is 0. The zero-order valence-electron chi connectivity index (χ0n) is 53.8. The number of carbonyl (C=O) groups excluding carboxylic acids is 3. The van der Waals surface area contributed by atoms with Gasteiger partial charge in [-0.25, -0.2) is 0 Å². The lowest BCUT2D eigenvalue weighted by atomic mass is 10.0. The number of hydrogen-bond donors (Lipinski definition) is 0. The Hall–Kier alpha value is -3.41. The highest BCUT2D eigenvalue weighted by Gasteiger charge is 2.19. The van der Waals surface area contributed by atoms with Gasteiger partial charge in [-0.15, -0.1) is 0 Å². The Morgan fingerprint density at radius 1 is 0.259 bits per heavy atom. The first-order valence-electron chi connectivity index (χ1n) is 35.1. The van der Waals surface area contributed by atoms with Crippen molar-refractivity contribution < 1.29 is 28.6 Å². The summed E-state index contributed by atoms with van der Waals surface area (Å²) in [5.41, 5.74) is 0. The SMILES string of the molecule is CC/C=C\C/C=C\C/C=C\C/C=C\C/C=C\C/C=C\C/C=C\CCCCCCCCCCCC(=O)OCC(COC(=O)CCCCCCCC)OC(=O)CCCCCCCCCCCCCCCCCCCCCCCCCCCC. The van der Waals surface area contributed by atoms with E-state index in [2.05, 4.69) is 106 Å². The van der Waals surface area contributed by atoms with Crippen LogP contribution in [0, 0.1) is 0 Å². The van der Waals surface area contributed by atoms with Crippen molar-refractivity contribution in [3.63, 3.8) is 0 Å². The third-order valence-electron chi connectivity index (χ3n) is 15.4. The molecule has 0 aliphatic heterocycles. The van der Waals surface area contributed by atoms with E-state index in [1.54, 1.807) is 0 Å². The average Bonchev–Trinajstić information content (AvgIpc) is 3.47. The molecule has 81 heavy (non-hydrogen) atoms. The molecule has 0 spiro atoms. The van der Waals surface area contributed by atoms with Crippen molar-refractivity contribution in [1.82, 2.24) is 0 Å². The summed E-state index contributed by atoms with van der Waals surface area (Å²) in [4.78, 5) is 38.1. The second-order valence-electron chi connectivity index (χ2n) is 23.4. The maximum absolute atomic E-state index is 12.9. The molecule has 468 valence electrons. The summed E-state index contributed by atoms with van der Waals surface area (Å²) in [5.74, 6) is -0.873. The van der Waals surface area contributed by atoms with Gasteiger partial charge in [-0.1, -0.05) is 343 Å². The molecule has 0 amide bonds. The van der Waals surface area contributed by atoms with Crippen LogP contribution in [0.15, 0.2) is 85.1 Å². The lowest BCUT2D eigenvalue weighted by molar-refractivity contribution is -0.167. The van der Waals surface area contributed by atoms with E-state index in [-0.39, 0.29) is 31.1 Å². The predicted octanol–water partition coefficient (Wildman–Crippen LogP) is 24.2. The smallest absolute Gasteiger partial charge is 0.306 e. The minimum absolute atomic E-state index is 0.0744. The van der Waals surface area contributed by atoms with Gasteiger partial charge in [-0.05, 0) is 77.0 Å². The highest BCUT2D eigenvalue weighted by atomic mass is 16.6. The van der Waals surface area contributed by atoms with Gasteiger partial charge < -0.3 is 14.2 Å². The van der Waals surface area contributed by atoms with Gasteiger partial charge in [0, 0.05) is 19.3 Å². The minimum atomic E-state index is -0.775. The van der Waals surface area contributed by atoms with Gasteiger partial charge in [0.05, 0.1) is 0 Å². The molecule has 0 heterocycles.